The second kappa shape index (κ2) is 8.37. The number of nitrogens with one attached hydrogen (secondary N) is 1. The number of aromatic nitrogens is 3. The van der Waals surface area contributed by atoms with Crippen LogP contribution in [0.4, 0.5) is 0 Å². The molecule has 4 rings (SSSR count). The predicted octanol–water partition coefficient (Wildman–Crippen LogP) is 0.895. The van der Waals surface area contributed by atoms with E-state index in [1.165, 1.54) is 32.1 Å². The van der Waals surface area contributed by atoms with Crippen molar-refractivity contribution in [2.45, 2.75) is 57.5 Å². The molecule has 2 amide bonds. The number of piperazine rings is 1. The van der Waals surface area contributed by atoms with Crippen LogP contribution in [0.3, 0.4) is 0 Å². The standard InChI is InChI=1S/C19H30N6O2/c26-18-14-23(9-10-25(18)16-6-2-1-3-7-16)19(27)17-13-24(22-21-17)12-15-5-4-8-20-11-15/h13,15-16,20H,1-12,14H2/t15-/m1/s1. The molecule has 2 aliphatic heterocycles. The molecule has 0 spiro atoms. The van der Waals surface area contributed by atoms with Gasteiger partial charge in [0.1, 0.15) is 6.54 Å². The Bertz CT molecular complexity index is 663. The summed E-state index contributed by atoms with van der Waals surface area (Å²) in [5.41, 5.74) is 0.345. The molecule has 0 aromatic carbocycles. The van der Waals surface area contributed by atoms with Gasteiger partial charge in [0.05, 0.1) is 6.20 Å². The zero-order valence-electron chi connectivity index (χ0n) is 16.0. The number of carbonyl (C=O) groups is 2. The minimum absolute atomic E-state index is 0.0715. The second-order valence-corrected chi connectivity index (χ2v) is 8.14. The molecule has 0 bridgehead atoms. The number of hydrogen-bond acceptors (Lipinski definition) is 5. The first-order valence-electron chi connectivity index (χ1n) is 10.4. The van der Waals surface area contributed by atoms with Crippen molar-refractivity contribution >= 4 is 11.8 Å². The van der Waals surface area contributed by atoms with E-state index in [4.69, 9.17) is 0 Å². The zero-order chi connectivity index (χ0) is 18.6. The summed E-state index contributed by atoms with van der Waals surface area (Å²) in [4.78, 5) is 29.0. The zero-order valence-corrected chi connectivity index (χ0v) is 16.0. The highest BCUT2D eigenvalue weighted by molar-refractivity contribution is 5.95. The molecular weight excluding hydrogens is 344 g/mol. The lowest BCUT2D eigenvalue weighted by Gasteiger charge is -2.40. The number of rotatable bonds is 4. The van der Waals surface area contributed by atoms with E-state index >= 15 is 0 Å². The Hall–Kier alpha value is -1.96. The molecule has 8 heteroatoms. The first-order chi connectivity index (χ1) is 13.2. The summed E-state index contributed by atoms with van der Waals surface area (Å²) in [6.07, 6.45) is 9.97. The van der Waals surface area contributed by atoms with Crippen LogP contribution in [0.2, 0.25) is 0 Å². The van der Waals surface area contributed by atoms with Gasteiger partial charge in [0.15, 0.2) is 5.69 Å². The van der Waals surface area contributed by atoms with Crippen LogP contribution < -0.4 is 5.32 Å². The average molecular weight is 374 g/mol. The van der Waals surface area contributed by atoms with E-state index in [1.54, 1.807) is 15.8 Å². The molecule has 0 unspecified atom stereocenters. The third-order valence-corrected chi connectivity index (χ3v) is 6.16. The van der Waals surface area contributed by atoms with Gasteiger partial charge >= 0.3 is 0 Å². The molecular formula is C19H30N6O2. The van der Waals surface area contributed by atoms with Crippen molar-refractivity contribution in [2.24, 2.45) is 5.92 Å². The summed E-state index contributed by atoms with van der Waals surface area (Å²) in [6.45, 7) is 4.23. The van der Waals surface area contributed by atoms with E-state index in [1.807, 2.05) is 4.90 Å². The van der Waals surface area contributed by atoms with Gasteiger partial charge in [-0.25, -0.2) is 0 Å². The fourth-order valence-corrected chi connectivity index (χ4v) is 4.63. The molecule has 1 atom stereocenters. The number of nitrogens with zero attached hydrogens (tertiary/aromatic N) is 5. The number of piperidine rings is 1. The highest BCUT2D eigenvalue weighted by Gasteiger charge is 2.33. The fraction of sp³-hybridized carbons (Fsp3) is 0.789. The van der Waals surface area contributed by atoms with Gasteiger partial charge in [0, 0.05) is 25.7 Å². The second-order valence-electron chi connectivity index (χ2n) is 8.14. The molecule has 3 aliphatic rings. The summed E-state index contributed by atoms with van der Waals surface area (Å²) < 4.78 is 1.77. The van der Waals surface area contributed by atoms with E-state index in [0.29, 0.717) is 30.7 Å². The predicted molar refractivity (Wildman–Crippen MR) is 100 cm³/mol. The first-order valence-corrected chi connectivity index (χ1v) is 10.4. The number of hydrogen-bond donors (Lipinski definition) is 1. The summed E-state index contributed by atoms with van der Waals surface area (Å²) in [5, 5.41) is 11.6. The van der Waals surface area contributed by atoms with Gasteiger partial charge in [0.25, 0.3) is 5.91 Å². The quantitative estimate of drug-likeness (QED) is 0.846. The van der Waals surface area contributed by atoms with Crippen molar-refractivity contribution in [2.75, 3.05) is 32.7 Å². The van der Waals surface area contributed by atoms with Gasteiger partial charge in [-0.2, -0.15) is 0 Å². The lowest BCUT2D eigenvalue weighted by atomic mass is 9.93. The van der Waals surface area contributed by atoms with Crippen molar-refractivity contribution in [3.8, 4) is 0 Å². The van der Waals surface area contributed by atoms with Crippen LogP contribution in [0.15, 0.2) is 6.20 Å². The minimum atomic E-state index is -0.181. The third kappa shape index (κ3) is 4.31. The number of carbonyl (C=O) groups excluding carboxylic acids is 2. The van der Waals surface area contributed by atoms with E-state index in [2.05, 4.69) is 15.6 Å². The van der Waals surface area contributed by atoms with Crippen molar-refractivity contribution in [1.29, 1.82) is 0 Å². The van der Waals surface area contributed by atoms with Gasteiger partial charge < -0.3 is 15.1 Å². The summed E-state index contributed by atoms with van der Waals surface area (Å²) in [6, 6.07) is 0.369. The maximum absolute atomic E-state index is 12.8. The van der Waals surface area contributed by atoms with E-state index in [-0.39, 0.29) is 18.4 Å². The molecule has 1 aromatic rings. The Morgan fingerprint density at radius 3 is 2.74 bits per heavy atom. The Morgan fingerprint density at radius 2 is 2.00 bits per heavy atom. The summed E-state index contributed by atoms with van der Waals surface area (Å²) in [5.74, 6) is 0.422. The molecule has 1 saturated carbocycles. The number of amides is 2. The van der Waals surface area contributed by atoms with Crippen LogP contribution in [0, 0.1) is 5.92 Å². The molecule has 3 fully saturated rings. The smallest absolute Gasteiger partial charge is 0.276 e. The molecule has 1 N–H and O–H groups in total. The van der Waals surface area contributed by atoms with Gasteiger partial charge in [0.2, 0.25) is 5.91 Å². The van der Waals surface area contributed by atoms with Crippen LogP contribution in [0.25, 0.3) is 0 Å². The van der Waals surface area contributed by atoms with Crippen LogP contribution in [-0.2, 0) is 11.3 Å². The summed E-state index contributed by atoms with van der Waals surface area (Å²) >= 11 is 0. The van der Waals surface area contributed by atoms with E-state index < -0.39 is 0 Å². The van der Waals surface area contributed by atoms with Crippen molar-refractivity contribution in [1.82, 2.24) is 30.1 Å². The maximum Gasteiger partial charge on any atom is 0.276 e. The largest absolute Gasteiger partial charge is 0.336 e. The first kappa shape index (κ1) is 18.4. The van der Waals surface area contributed by atoms with E-state index in [0.717, 1.165) is 32.5 Å². The monoisotopic (exact) mass is 374 g/mol. The van der Waals surface area contributed by atoms with Crippen LogP contribution in [0.5, 0.6) is 0 Å². The maximum atomic E-state index is 12.8. The van der Waals surface area contributed by atoms with Gasteiger partial charge in [-0.05, 0) is 44.7 Å². The minimum Gasteiger partial charge on any atom is -0.336 e. The average Bonchev–Trinajstić information content (AvgIpc) is 3.17. The third-order valence-electron chi connectivity index (χ3n) is 6.16. The molecule has 2 saturated heterocycles. The molecule has 27 heavy (non-hydrogen) atoms. The van der Waals surface area contributed by atoms with Crippen molar-refractivity contribution in [3.05, 3.63) is 11.9 Å². The topological polar surface area (TPSA) is 83.4 Å². The van der Waals surface area contributed by atoms with Crippen molar-refractivity contribution in [3.63, 3.8) is 0 Å². The van der Waals surface area contributed by atoms with Crippen LogP contribution >= 0.6 is 0 Å². The summed E-state index contributed by atoms with van der Waals surface area (Å²) in [7, 11) is 0. The highest BCUT2D eigenvalue weighted by atomic mass is 16.2. The molecule has 1 aromatic heterocycles. The van der Waals surface area contributed by atoms with Gasteiger partial charge in [-0.3, -0.25) is 14.3 Å². The van der Waals surface area contributed by atoms with Gasteiger partial charge in [-0.1, -0.05) is 24.5 Å². The molecule has 8 nitrogen and oxygen atoms in total. The Kier molecular flexibility index (Phi) is 5.71. The van der Waals surface area contributed by atoms with Crippen molar-refractivity contribution < 1.29 is 9.59 Å². The van der Waals surface area contributed by atoms with Crippen LogP contribution in [0.1, 0.15) is 55.4 Å². The Labute approximate surface area is 160 Å². The Balaban J connectivity index is 1.32. The SMILES string of the molecule is O=C(c1cn(C[C@@H]2CCCNC2)nn1)N1CCN(C2CCCCC2)C(=O)C1. The van der Waals surface area contributed by atoms with E-state index in [9.17, 15) is 9.59 Å². The van der Waals surface area contributed by atoms with Crippen LogP contribution in [-0.4, -0.2) is 75.4 Å². The molecule has 0 radical (unpaired) electrons. The lowest BCUT2D eigenvalue weighted by molar-refractivity contribution is -0.138. The fourth-order valence-electron chi connectivity index (χ4n) is 4.63. The van der Waals surface area contributed by atoms with Gasteiger partial charge in [-0.15, -0.1) is 5.10 Å². The highest BCUT2D eigenvalue weighted by Crippen LogP contribution is 2.24. The molecule has 3 heterocycles. The lowest BCUT2D eigenvalue weighted by Crippen LogP contribution is -2.55. The molecule has 148 valence electrons. The Morgan fingerprint density at radius 1 is 1.15 bits per heavy atom. The normalized spacial score (nSPS) is 25.0. The molecule has 1 aliphatic carbocycles.